The Morgan fingerprint density at radius 2 is 2.00 bits per heavy atom. The van der Waals surface area contributed by atoms with E-state index >= 15 is 0 Å². The predicted molar refractivity (Wildman–Crippen MR) is 71.4 cm³/mol. The van der Waals surface area contributed by atoms with E-state index in [0.29, 0.717) is 18.6 Å². The predicted octanol–water partition coefficient (Wildman–Crippen LogP) is 1.34. The van der Waals surface area contributed by atoms with E-state index in [-0.39, 0.29) is 6.10 Å². The van der Waals surface area contributed by atoms with Crippen molar-refractivity contribution in [2.24, 2.45) is 5.73 Å². The molecule has 4 heteroatoms. The molecule has 1 aromatic rings. The lowest BCUT2D eigenvalue weighted by molar-refractivity contribution is 0.126. The van der Waals surface area contributed by atoms with Gasteiger partial charge in [-0.3, -0.25) is 0 Å². The smallest absolute Gasteiger partial charge is 0.129 e. The fourth-order valence-electron chi connectivity index (χ4n) is 3.49. The highest BCUT2D eigenvalue weighted by Gasteiger charge is 2.40. The van der Waals surface area contributed by atoms with Crippen LogP contribution in [-0.4, -0.2) is 28.3 Å². The summed E-state index contributed by atoms with van der Waals surface area (Å²) in [5.41, 5.74) is 7.91. The van der Waals surface area contributed by atoms with Gasteiger partial charge in [0, 0.05) is 24.3 Å². The summed E-state index contributed by atoms with van der Waals surface area (Å²) in [5, 5.41) is 9.84. The second-order valence-corrected chi connectivity index (χ2v) is 5.60. The van der Waals surface area contributed by atoms with Gasteiger partial charge in [-0.2, -0.15) is 0 Å². The van der Waals surface area contributed by atoms with E-state index in [0.717, 1.165) is 29.9 Å². The molecule has 2 bridgehead atoms. The third kappa shape index (κ3) is 1.99. The van der Waals surface area contributed by atoms with E-state index in [2.05, 4.69) is 16.0 Å². The molecule has 0 amide bonds. The molecule has 4 nitrogen and oxygen atoms in total. The van der Waals surface area contributed by atoms with Crippen molar-refractivity contribution in [1.82, 2.24) is 4.98 Å². The first-order valence-corrected chi connectivity index (χ1v) is 6.81. The number of rotatable bonds is 2. The van der Waals surface area contributed by atoms with Gasteiger partial charge in [0.15, 0.2) is 0 Å². The lowest BCUT2D eigenvalue weighted by Crippen LogP contribution is -2.45. The third-order valence-corrected chi connectivity index (χ3v) is 4.21. The zero-order valence-corrected chi connectivity index (χ0v) is 10.8. The Labute approximate surface area is 108 Å². The quantitative estimate of drug-likeness (QED) is 0.828. The molecule has 0 saturated carbocycles. The summed E-state index contributed by atoms with van der Waals surface area (Å²) in [6.07, 6.45) is 3.98. The average Bonchev–Trinajstić information content (AvgIpc) is 2.61. The number of aromatic nitrogens is 1. The molecule has 18 heavy (non-hydrogen) atoms. The molecular weight excluding hydrogens is 226 g/mol. The van der Waals surface area contributed by atoms with E-state index in [4.69, 9.17) is 5.73 Å². The monoisotopic (exact) mass is 247 g/mol. The van der Waals surface area contributed by atoms with Crippen molar-refractivity contribution in [2.75, 3.05) is 4.90 Å². The summed E-state index contributed by atoms with van der Waals surface area (Å²) >= 11 is 0. The fourth-order valence-corrected chi connectivity index (χ4v) is 3.49. The molecule has 2 fully saturated rings. The summed E-state index contributed by atoms with van der Waals surface area (Å²) in [6, 6.07) is 5.07. The molecule has 2 atom stereocenters. The van der Waals surface area contributed by atoms with E-state index in [1.807, 2.05) is 13.0 Å². The Kier molecular flexibility index (Phi) is 2.99. The van der Waals surface area contributed by atoms with E-state index in [1.54, 1.807) is 0 Å². The number of hydrogen-bond acceptors (Lipinski definition) is 4. The molecule has 3 heterocycles. The number of anilines is 1. The largest absolute Gasteiger partial charge is 0.393 e. The van der Waals surface area contributed by atoms with Gasteiger partial charge in [-0.25, -0.2) is 4.98 Å². The third-order valence-electron chi connectivity index (χ3n) is 4.21. The van der Waals surface area contributed by atoms with Crippen molar-refractivity contribution in [3.63, 3.8) is 0 Å². The molecule has 2 aliphatic rings. The molecule has 0 radical (unpaired) electrons. The first-order valence-electron chi connectivity index (χ1n) is 6.81. The summed E-state index contributed by atoms with van der Waals surface area (Å²) in [7, 11) is 0. The number of aliphatic hydroxyl groups excluding tert-OH is 1. The fraction of sp³-hybridized carbons (Fsp3) is 0.643. The first-order chi connectivity index (χ1) is 8.67. The highest BCUT2D eigenvalue weighted by Crippen LogP contribution is 2.38. The maximum absolute atomic E-state index is 9.84. The van der Waals surface area contributed by atoms with Gasteiger partial charge >= 0.3 is 0 Å². The number of aliphatic hydroxyl groups is 1. The van der Waals surface area contributed by atoms with Gasteiger partial charge in [-0.05, 0) is 50.3 Å². The summed E-state index contributed by atoms with van der Waals surface area (Å²) < 4.78 is 0. The average molecular weight is 247 g/mol. The lowest BCUT2D eigenvalue weighted by atomic mass is 9.99. The zero-order chi connectivity index (χ0) is 12.7. The number of nitrogens with zero attached hydrogens (tertiary/aromatic N) is 2. The Morgan fingerprint density at radius 3 is 2.61 bits per heavy atom. The second-order valence-electron chi connectivity index (χ2n) is 5.60. The minimum atomic E-state index is -0.127. The van der Waals surface area contributed by atoms with E-state index < -0.39 is 0 Å². The SMILES string of the molecule is Cc1cc(CN)cc(N2C3CCC2CC(O)C3)n1. The first kappa shape index (κ1) is 11.9. The number of aryl methyl sites for hydroxylation is 1. The van der Waals surface area contributed by atoms with Crippen LogP contribution in [-0.2, 0) is 6.54 Å². The van der Waals surface area contributed by atoms with Crippen LogP contribution in [0.4, 0.5) is 5.82 Å². The van der Waals surface area contributed by atoms with Crippen molar-refractivity contribution in [2.45, 2.75) is 57.3 Å². The summed E-state index contributed by atoms with van der Waals surface area (Å²) in [6.45, 7) is 2.57. The maximum Gasteiger partial charge on any atom is 0.129 e. The number of pyridine rings is 1. The normalized spacial score (nSPS) is 30.8. The van der Waals surface area contributed by atoms with Crippen molar-refractivity contribution < 1.29 is 5.11 Å². The summed E-state index contributed by atoms with van der Waals surface area (Å²) in [4.78, 5) is 7.08. The second kappa shape index (κ2) is 4.52. The van der Waals surface area contributed by atoms with Gasteiger partial charge in [0.05, 0.1) is 6.10 Å². The number of piperidine rings is 1. The number of hydrogen-bond donors (Lipinski definition) is 2. The van der Waals surface area contributed by atoms with Gasteiger partial charge in [-0.15, -0.1) is 0 Å². The van der Waals surface area contributed by atoms with Crippen LogP contribution in [0, 0.1) is 6.92 Å². The van der Waals surface area contributed by atoms with Crippen molar-refractivity contribution in [1.29, 1.82) is 0 Å². The van der Waals surface area contributed by atoms with Crippen LogP contribution < -0.4 is 10.6 Å². The van der Waals surface area contributed by atoms with Gasteiger partial charge in [0.2, 0.25) is 0 Å². The van der Waals surface area contributed by atoms with Crippen molar-refractivity contribution >= 4 is 5.82 Å². The Morgan fingerprint density at radius 1 is 1.33 bits per heavy atom. The minimum Gasteiger partial charge on any atom is -0.393 e. The summed E-state index contributed by atoms with van der Waals surface area (Å²) in [5.74, 6) is 1.05. The van der Waals surface area contributed by atoms with Crippen LogP contribution in [0.3, 0.4) is 0 Å². The molecule has 0 spiro atoms. The van der Waals surface area contributed by atoms with Gasteiger partial charge in [0.1, 0.15) is 5.82 Å². The highest BCUT2D eigenvalue weighted by molar-refractivity contribution is 5.47. The molecule has 2 unspecified atom stereocenters. The Hall–Kier alpha value is -1.13. The molecule has 2 aliphatic heterocycles. The minimum absolute atomic E-state index is 0.127. The zero-order valence-electron chi connectivity index (χ0n) is 10.8. The lowest BCUT2D eigenvalue weighted by Gasteiger charge is -2.38. The standard InChI is InChI=1S/C14H21N3O/c1-9-4-10(8-15)5-14(16-9)17-11-2-3-12(17)7-13(18)6-11/h4-5,11-13,18H,2-3,6-8,15H2,1H3. The van der Waals surface area contributed by atoms with Gasteiger partial charge in [0.25, 0.3) is 0 Å². The van der Waals surface area contributed by atoms with E-state index in [1.165, 1.54) is 12.8 Å². The van der Waals surface area contributed by atoms with E-state index in [9.17, 15) is 5.11 Å². The van der Waals surface area contributed by atoms with Crippen LogP contribution in [0.25, 0.3) is 0 Å². The molecule has 2 saturated heterocycles. The molecule has 1 aromatic heterocycles. The molecule has 3 rings (SSSR count). The number of nitrogens with two attached hydrogens (primary N) is 1. The molecule has 98 valence electrons. The Bertz CT molecular complexity index is 435. The number of fused-ring (bicyclic) bond motifs is 2. The van der Waals surface area contributed by atoms with Crippen molar-refractivity contribution in [3.05, 3.63) is 23.4 Å². The van der Waals surface area contributed by atoms with Crippen LogP contribution in [0.15, 0.2) is 12.1 Å². The van der Waals surface area contributed by atoms with Crippen LogP contribution in [0.5, 0.6) is 0 Å². The molecular formula is C14H21N3O. The van der Waals surface area contributed by atoms with Gasteiger partial charge < -0.3 is 15.7 Å². The molecule has 0 aliphatic carbocycles. The Balaban J connectivity index is 1.93. The topological polar surface area (TPSA) is 62.4 Å². The highest BCUT2D eigenvalue weighted by atomic mass is 16.3. The molecule has 3 N–H and O–H groups in total. The van der Waals surface area contributed by atoms with Crippen LogP contribution >= 0.6 is 0 Å². The van der Waals surface area contributed by atoms with Crippen molar-refractivity contribution in [3.8, 4) is 0 Å². The van der Waals surface area contributed by atoms with Crippen LogP contribution in [0.1, 0.15) is 36.9 Å². The van der Waals surface area contributed by atoms with Crippen LogP contribution in [0.2, 0.25) is 0 Å². The maximum atomic E-state index is 9.84. The van der Waals surface area contributed by atoms with Gasteiger partial charge in [-0.1, -0.05) is 0 Å². The molecule has 0 aromatic carbocycles.